The summed E-state index contributed by atoms with van der Waals surface area (Å²) < 4.78 is 20.8. The van der Waals surface area contributed by atoms with Gasteiger partial charge < -0.3 is 19.5 Å². The molecule has 1 saturated carbocycles. The third-order valence-corrected chi connectivity index (χ3v) is 6.66. The Morgan fingerprint density at radius 1 is 1.20 bits per heavy atom. The second-order valence-corrected chi connectivity index (χ2v) is 8.72. The van der Waals surface area contributed by atoms with Crippen LogP contribution in [0.3, 0.4) is 0 Å². The Labute approximate surface area is 175 Å². The van der Waals surface area contributed by atoms with Gasteiger partial charge in [0.2, 0.25) is 5.91 Å². The van der Waals surface area contributed by atoms with E-state index in [-0.39, 0.29) is 23.5 Å². The van der Waals surface area contributed by atoms with E-state index in [0.717, 1.165) is 18.4 Å². The molecular formula is C23H26FN3O3. The Morgan fingerprint density at radius 2 is 2.00 bits per heavy atom. The minimum atomic E-state index is -0.685. The van der Waals surface area contributed by atoms with Crippen LogP contribution in [0, 0.1) is 17.2 Å². The molecule has 1 aromatic carbocycles. The van der Waals surface area contributed by atoms with Crippen molar-refractivity contribution >= 4 is 11.8 Å². The van der Waals surface area contributed by atoms with E-state index in [9.17, 15) is 14.0 Å². The first-order chi connectivity index (χ1) is 14.6. The molecular weight excluding hydrogens is 385 g/mol. The van der Waals surface area contributed by atoms with Crippen molar-refractivity contribution in [3.63, 3.8) is 0 Å². The highest BCUT2D eigenvalue weighted by Gasteiger charge is 2.56. The van der Waals surface area contributed by atoms with Crippen LogP contribution in [0.1, 0.15) is 34.9 Å². The molecule has 3 fully saturated rings. The number of carbonyl (C=O) groups is 2. The molecule has 2 saturated heterocycles. The van der Waals surface area contributed by atoms with Gasteiger partial charge in [0.15, 0.2) is 0 Å². The first-order valence-corrected chi connectivity index (χ1v) is 10.6. The summed E-state index contributed by atoms with van der Waals surface area (Å²) in [6.07, 6.45) is 4.84. The van der Waals surface area contributed by atoms with E-state index in [1.54, 1.807) is 12.1 Å². The maximum atomic E-state index is 13.2. The number of amides is 2. The lowest BCUT2D eigenvalue weighted by atomic mass is 9.80. The molecule has 2 aliphatic heterocycles. The molecule has 1 aromatic heterocycles. The summed E-state index contributed by atoms with van der Waals surface area (Å²) in [6, 6.07) is 10.5. The Morgan fingerprint density at radius 3 is 2.77 bits per heavy atom. The summed E-state index contributed by atoms with van der Waals surface area (Å²) in [5.41, 5.74) is 0.998. The SMILES string of the molecule is O=C(c1cccn1C1CC1)N1C[C@H]2COC[C@@]2(C(=O)NCCc2ccc(F)cc2)C1. The van der Waals surface area contributed by atoms with E-state index in [1.165, 1.54) is 12.1 Å². The fourth-order valence-electron chi connectivity index (χ4n) is 4.77. The highest BCUT2D eigenvalue weighted by Crippen LogP contribution is 2.42. The van der Waals surface area contributed by atoms with Gasteiger partial charge in [-0.05, 0) is 49.1 Å². The number of likely N-dealkylation sites (tertiary alicyclic amines) is 1. The van der Waals surface area contributed by atoms with Gasteiger partial charge in [-0.1, -0.05) is 12.1 Å². The van der Waals surface area contributed by atoms with Crippen LogP contribution in [-0.2, 0) is 16.0 Å². The van der Waals surface area contributed by atoms with Crippen molar-refractivity contribution in [2.45, 2.75) is 25.3 Å². The summed E-state index contributed by atoms with van der Waals surface area (Å²) >= 11 is 0. The van der Waals surface area contributed by atoms with Crippen LogP contribution < -0.4 is 5.32 Å². The number of aromatic nitrogens is 1. The van der Waals surface area contributed by atoms with Gasteiger partial charge >= 0.3 is 0 Å². The fourth-order valence-corrected chi connectivity index (χ4v) is 4.77. The monoisotopic (exact) mass is 411 g/mol. The third kappa shape index (κ3) is 3.41. The lowest BCUT2D eigenvalue weighted by Gasteiger charge is -2.26. The number of nitrogens with zero attached hydrogens (tertiary/aromatic N) is 2. The number of nitrogens with one attached hydrogen (secondary N) is 1. The number of ether oxygens (including phenoxy) is 1. The zero-order valence-corrected chi connectivity index (χ0v) is 16.9. The fraction of sp³-hybridized carbons (Fsp3) is 0.478. The molecule has 0 spiro atoms. The zero-order chi connectivity index (χ0) is 20.7. The number of carbonyl (C=O) groups excluding carboxylic acids is 2. The van der Waals surface area contributed by atoms with E-state index >= 15 is 0 Å². The summed E-state index contributed by atoms with van der Waals surface area (Å²) in [4.78, 5) is 28.1. The molecule has 0 unspecified atom stereocenters. The molecule has 0 bridgehead atoms. The molecule has 6 nitrogen and oxygen atoms in total. The van der Waals surface area contributed by atoms with E-state index in [0.29, 0.717) is 51.0 Å². The van der Waals surface area contributed by atoms with Crippen LogP contribution in [-0.4, -0.2) is 54.1 Å². The minimum Gasteiger partial charge on any atom is -0.380 e. The normalized spacial score (nSPS) is 25.4. The number of fused-ring (bicyclic) bond motifs is 1. The quantitative estimate of drug-likeness (QED) is 0.794. The molecule has 2 amide bonds. The van der Waals surface area contributed by atoms with Crippen LogP contribution in [0.25, 0.3) is 0 Å². The number of halogens is 1. The van der Waals surface area contributed by atoms with E-state index in [2.05, 4.69) is 9.88 Å². The minimum absolute atomic E-state index is 0.000197. The highest BCUT2D eigenvalue weighted by atomic mass is 19.1. The molecule has 3 heterocycles. The van der Waals surface area contributed by atoms with Gasteiger partial charge in [-0.25, -0.2) is 4.39 Å². The van der Waals surface area contributed by atoms with Crippen molar-refractivity contribution in [3.05, 3.63) is 59.7 Å². The molecule has 5 rings (SSSR count). The second kappa shape index (κ2) is 7.54. The molecule has 3 aliphatic rings. The van der Waals surface area contributed by atoms with Gasteiger partial charge in [-0.2, -0.15) is 0 Å². The predicted octanol–water partition coefficient (Wildman–Crippen LogP) is 2.41. The Balaban J connectivity index is 1.24. The Hall–Kier alpha value is -2.67. The lowest BCUT2D eigenvalue weighted by molar-refractivity contribution is -0.131. The maximum Gasteiger partial charge on any atom is 0.270 e. The second-order valence-electron chi connectivity index (χ2n) is 8.72. The lowest BCUT2D eigenvalue weighted by Crippen LogP contribution is -2.47. The number of hydrogen-bond donors (Lipinski definition) is 1. The molecule has 158 valence electrons. The van der Waals surface area contributed by atoms with E-state index in [1.807, 2.05) is 23.2 Å². The number of hydrogen-bond acceptors (Lipinski definition) is 3. The van der Waals surface area contributed by atoms with Crippen molar-refractivity contribution in [1.82, 2.24) is 14.8 Å². The smallest absolute Gasteiger partial charge is 0.270 e. The van der Waals surface area contributed by atoms with Crippen LogP contribution >= 0.6 is 0 Å². The van der Waals surface area contributed by atoms with Crippen LogP contribution in [0.15, 0.2) is 42.6 Å². The summed E-state index contributed by atoms with van der Waals surface area (Å²) in [7, 11) is 0. The molecule has 7 heteroatoms. The van der Waals surface area contributed by atoms with Crippen molar-refractivity contribution in [2.24, 2.45) is 11.3 Å². The Bertz CT molecular complexity index is 953. The van der Waals surface area contributed by atoms with Gasteiger partial charge in [-0.15, -0.1) is 0 Å². The molecule has 30 heavy (non-hydrogen) atoms. The van der Waals surface area contributed by atoms with Crippen molar-refractivity contribution < 1.29 is 18.7 Å². The molecule has 0 radical (unpaired) electrons. The van der Waals surface area contributed by atoms with Crippen LogP contribution in [0.2, 0.25) is 0 Å². The largest absolute Gasteiger partial charge is 0.380 e. The first kappa shape index (κ1) is 19.3. The van der Waals surface area contributed by atoms with Crippen molar-refractivity contribution in [2.75, 3.05) is 32.8 Å². The maximum absolute atomic E-state index is 13.2. The summed E-state index contributed by atoms with van der Waals surface area (Å²) in [6.45, 7) is 2.23. The van der Waals surface area contributed by atoms with Gasteiger partial charge in [0.1, 0.15) is 11.5 Å². The van der Waals surface area contributed by atoms with E-state index < -0.39 is 5.41 Å². The first-order valence-electron chi connectivity index (χ1n) is 10.6. The number of benzene rings is 1. The Kier molecular flexibility index (Phi) is 4.85. The molecule has 1 aliphatic carbocycles. The van der Waals surface area contributed by atoms with Crippen molar-refractivity contribution in [1.29, 1.82) is 0 Å². The average Bonchev–Trinajstić information content (AvgIpc) is 3.16. The van der Waals surface area contributed by atoms with Crippen LogP contribution in [0.5, 0.6) is 0 Å². The van der Waals surface area contributed by atoms with Gasteiger partial charge in [0.25, 0.3) is 5.91 Å². The average molecular weight is 411 g/mol. The number of rotatable bonds is 6. The van der Waals surface area contributed by atoms with Gasteiger partial charge in [0.05, 0.1) is 18.6 Å². The topological polar surface area (TPSA) is 63.6 Å². The van der Waals surface area contributed by atoms with Crippen LogP contribution in [0.4, 0.5) is 4.39 Å². The zero-order valence-electron chi connectivity index (χ0n) is 16.9. The van der Waals surface area contributed by atoms with E-state index in [4.69, 9.17) is 4.74 Å². The summed E-state index contributed by atoms with van der Waals surface area (Å²) in [5, 5.41) is 3.03. The highest BCUT2D eigenvalue weighted by molar-refractivity contribution is 5.94. The summed E-state index contributed by atoms with van der Waals surface area (Å²) in [5.74, 6) is -0.312. The molecule has 2 atom stereocenters. The third-order valence-electron chi connectivity index (χ3n) is 6.66. The van der Waals surface area contributed by atoms with Crippen molar-refractivity contribution in [3.8, 4) is 0 Å². The predicted molar refractivity (Wildman–Crippen MR) is 108 cm³/mol. The molecule has 2 aromatic rings. The standard InChI is InChI=1S/C23H26FN3O3/c24-18-5-3-16(4-6-18)9-10-25-22(29)23-14-26(12-17(23)13-30-15-23)21(28)20-2-1-11-27(20)19-7-8-19/h1-6,11,17,19H,7-10,12-15H2,(H,25,29)/t17-,23-/m0/s1. The molecule has 1 N–H and O–H groups in total. The van der Waals surface area contributed by atoms with Gasteiger partial charge in [-0.3, -0.25) is 9.59 Å². The van der Waals surface area contributed by atoms with Gasteiger partial charge in [0, 0.05) is 37.8 Å².